The highest BCUT2D eigenvalue weighted by Crippen LogP contribution is 1.98. The third kappa shape index (κ3) is 1.94. The van der Waals surface area contributed by atoms with E-state index in [0.29, 0.717) is 0 Å². The SMILES string of the molecule is CCc1nc(NC(=O)OC)n[nH]1. The first-order valence-electron chi connectivity index (χ1n) is 3.52. The molecule has 1 aromatic rings. The third-order valence-electron chi connectivity index (χ3n) is 1.27. The lowest BCUT2D eigenvalue weighted by atomic mass is 10.5. The number of anilines is 1. The Labute approximate surface area is 69.3 Å². The number of carbonyl (C=O) groups is 1. The number of aryl methyl sites for hydroxylation is 1. The molecule has 0 aromatic carbocycles. The van der Waals surface area contributed by atoms with Crippen molar-refractivity contribution in [3.8, 4) is 0 Å². The Morgan fingerprint density at radius 1 is 1.75 bits per heavy atom. The van der Waals surface area contributed by atoms with Gasteiger partial charge in [0, 0.05) is 6.42 Å². The molecule has 1 heterocycles. The molecule has 6 nitrogen and oxygen atoms in total. The van der Waals surface area contributed by atoms with E-state index in [0.717, 1.165) is 12.2 Å². The van der Waals surface area contributed by atoms with E-state index in [1.54, 1.807) is 0 Å². The topological polar surface area (TPSA) is 79.9 Å². The molecular formula is C6H10N4O2. The summed E-state index contributed by atoms with van der Waals surface area (Å²) in [6.07, 6.45) is 0.173. The maximum absolute atomic E-state index is 10.7. The fraction of sp³-hybridized carbons (Fsp3) is 0.500. The molecule has 1 amide bonds. The molecule has 0 atom stereocenters. The molecule has 0 fully saturated rings. The first-order chi connectivity index (χ1) is 5.76. The minimum absolute atomic E-state index is 0.235. The summed E-state index contributed by atoms with van der Waals surface area (Å²) >= 11 is 0. The second-order valence-corrected chi connectivity index (χ2v) is 2.08. The molecule has 2 N–H and O–H groups in total. The van der Waals surface area contributed by atoms with Crippen molar-refractivity contribution in [3.63, 3.8) is 0 Å². The number of carbonyl (C=O) groups excluding carboxylic acids is 1. The van der Waals surface area contributed by atoms with Gasteiger partial charge in [-0.3, -0.25) is 10.4 Å². The number of ether oxygens (including phenoxy) is 1. The predicted molar refractivity (Wildman–Crippen MR) is 41.8 cm³/mol. The summed E-state index contributed by atoms with van der Waals surface area (Å²) in [7, 11) is 1.28. The fourth-order valence-corrected chi connectivity index (χ4v) is 0.652. The van der Waals surface area contributed by atoms with E-state index in [1.165, 1.54) is 7.11 Å². The van der Waals surface area contributed by atoms with Gasteiger partial charge in [0.05, 0.1) is 7.11 Å². The van der Waals surface area contributed by atoms with E-state index in [-0.39, 0.29) is 5.95 Å². The van der Waals surface area contributed by atoms with Crippen molar-refractivity contribution in [1.82, 2.24) is 15.2 Å². The van der Waals surface area contributed by atoms with Gasteiger partial charge in [0.2, 0.25) is 0 Å². The van der Waals surface area contributed by atoms with Gasteiger partial charge in [-0.15, -0.1) is 5.10 Å². The Morgan fingerprint density at radius 3 is 3.00 bits per heavy atom. The molecule has 1 rings (SSSR count). The second-order valence-electron chi connectivity index (χ2n) is 2.08. The number of rotatable bonds is 2. The highest BCUT2D eigenvalue weighted by Gasteiger charge is 2.04. The van der Waals surface area contributed by atoms with Gasteiger partial charge < -0.3 is 4.74 Å². The van der Waals surface area contributed by atoms with Gasteiger partial charge in [-0.1, -0.05) is 6.92 Å². The summed E-state index contributed by atoms with van der Waals surface area (Å²) in [5, 5.41) is 8.71. The fourth-order valence-electron chi connectivity index (χ4n) is 0.652. The normalized spacial score (nSPS) is 9.50. The highest BCUT2D eigenvalue weighted by atomic mass is 16.5. The van der Waals surface area contributed by atoms with Crippen molar-refractivity contribution in [2.75, 3.05) is 12.4 Å². The van der Waals surface area contributed by atoms with E-state index in [4.69, 9.17) is 0 Å². The van der Waals surface area contributed by atoms with Gasteiger partial charge in [-0.05, 0) is 0 Å². The number of H-pyrrole nitrogens is 1. The number of nitrogens with zero attached hydrogens (tertiary/aromatic N) is 2. The lowest BCUT2D eigenvalue weighted by molar-refractivity contribution is 0.186. The largest absolute Gasteiger partial charge is 0.453 e. The predicted octanol–water partition coefficient (Wildman–Crippen LogP) is 0.545. The average Bonchev–Trinajstić information content (AvgIpc) is 2.52. The van der Waals surface area contributed by atoms with E-state index in [2.05, 4.69) is 25.2 Å². The summed E-state index contributed by atoms with van der Waals surface area (Å²) in [5.74, 6) is 0.958. The van der Waals surface area contributed by atoms with E-state index >= 15 is 0 Å². The minimum atomic E-state index is -0.573. The van der Waals surface area contributed by atoms with Crippen molar-refractivity contribution in [3.05, 3.63) is 5.82 Å². The van der Waals surface area contributed by atoms with Crippen LogP contribution >= 0.6 is 0 Å². The van der Waals surface area contributed by atoms with Crippen LogP contribution in [0.5, 0.6) is 0 Å². The second kappa shape index (κ2) is 3.70. The lowest BCUT2D eigenvalue weighted by Gasteiger charge is -1.95. The zero-order valence-corrected chi connectivity index (χ0v) is 6.92. The van der Waals surface area contributed by atoms with Gasteiger partial charge in [0.25, 0.3) is 5.95 Å². The number of amides is 1. The van der Waals surface area contributed by atoms with Crippen molar-refractivity contribution >= 4 is 12.0 Å². The molecule has 0 radical (unpaired) electrons. The number of hydrogen-bond acceptors (Lipinski definition) is 4. The van der Waals surface area contributed by atoms with E-state index in [1.807, 2.05) is 6.92 Å². The van der Waals surface area contributed by atoms with Crippen molar-refractivity contribution in [1.29, 1.82) is 0 Å². The van der Waals surface area contributed by atoms with Gasteiger partial charge in [-0.2, -0.15) is 4.98 Å². The first-order valence-corrected chi connectivity index (χ1v) is 3.52. The molecule has 0 saturated carbocycles. The zero-order chi connectivity index (χ0) is 8.97. The van der Waals surface area contributed by atoms with Crippen LogP contribution in [0.2, 0.25) is 0 Å². The van der Waals surface area contributed by atoms with Crippen LogP contribution in [0.4, 0.5) is 10.7 Å². The monoisotopic (exact) mass is 170 g/mol. The van der Waals surface area contributed by atoms with Gasteiger partial charge in [0.15, 0.2) is 0 Å². The van der Waals surface area contributed by atoms with Gasteiger partial charge in [-0.25, -0.2) is 4.79 Å². The van der Waals surface area contributed by atoms with Crippen molar-refractivity contribution in [2.24, 2.45) is 0 Å². The van der Waals surface area contributed by atoms with Crippen LogP contribution in [0, 0.1) is 0 Å². The number of nitrogens with one attached hydrogen (secondary N) is 2. The Kier molecular flexibility index (Phi) is 2.62. The Morgan fingerprint density at radius 2 is 2.50 bits per heavy atom. The molecule has 1 aromatic heterocycles. The maximum Gasteiger partial charge on any atom is 0.413 e. The molecular weight excluding hydrogens is 160 g/mol. The molecule has 0 aliphatic heterocycles. The van der Waals surface area contributed by atoms with Crippen LogP contribution in [-0.2, 0) is 11.2 Å². The zero-order valence-electron chi connectivity index (χ0n) is 6.92. The molecule has 0 spiro atoms. The quantitative estimate of drug-likeness (QED) is 0.679. The molecule has 66 valence electrons. The smallest absolute Gasteiger partial charge is 0.413 e. The van der Waals surface area contributed by atoms with Crippen LogP contribution < -0.4 is 5.32 Å². The van der Waals surface area contributed by atoms with Gasteiger partial charge >= 0.3 is 6.09 Å². The summed E-state index contributed by atoms with van der Waals surface area (Å²) in [5.41, 5.74) is 0. The minimum Gasteiger partial charge on any atom is -0.453 e. The molecule has 0 aliphatic rings. The Bertz CT molecular complexity index is 270. The average molecular weight is 170 g/mol. The number of methoxy groups -OCH3 is 1. The standard InChI is InChI=1S/C6H10N4O2/c1-3-4-7-5(10-9-4)8-6(11)12-2/h3H2,1-2H3,(H2,7,8,9,10,11). The van der Waals surface area contributed by atoms with Crippen molar-refractivity contribution < 1.29 is 9.53 Å². The van der Waals surface area contributed by atoms with Crippen LogP contribution in [0.15, 0.2) is 0 Å². The number of hydrogen-bond donors (Lipinski definition) is 2. The van der Waals surface area contributed by atoms with Crippen LogP contribution in [-0.4, -0.2) is 28.4 Å². The van der Waals surface area contributed by atoms with Gasteiger partial charge in [0.1, 0.15) is 5.82 Å². The summed E-state index contributed by atoms with van der Waals surface area (Å²) < 4.78 is 4.35. The first kappa shape index (κ1) is 8.51. The molecule has 6 heteroatoms. The lowest BCUT2D eigenvalue weighted by Crippen LogP contribution is -2.11. The summed E-state index contributed by atoms with van der Waals surface area (Å²) in [6.45, 7) is 1.93. The highest BCUT2D eigenvalue weighted by molar-refractivity contribution is 5.81. The number of aromatic nitrogens is 3. The molecule has 0 aliphatic carbocycles. The van der Waals surface area contributed by atoms with Crippen LogP contribution in [0.25, 0.3) is 0 Å². The molecule has 0 unspecified atom stereocenters. The van der Waals surface area contributed by atoms with E-state index in [9.17, 15) is 4.79 Å². The summed E-state index contributed by atoms with van der Waals surface area (Å²) in [6, 6.07) is 0. The third-order valence-corrected chi connectivity index (χ3v) is 1.27. The van der Waals surface area contributed by atoms with Crippen molar-refractivity contribution in [2.45, 2.75) is 13.3 Å². The molecule has 0 bridgehead atoms. The van der Waals surface area contributed by atoms with E-state index < -0.39 is 6.09 Å². The summed E-state index contributed by atoms with van der Waals surface area (Å²) in [4.78, 5) is 14.6. The Hall–Kier alpha value is -1.59. The Balaban J connectivity index is 2.58. The molecule has 0 saturated heterocycles. The van der Waals surface area contributed by atoms with Crippen LogP contribution in [0.1, 0.15) is 12.7 Å². The maximum atomic E-state index is 10.7. The van der Waals surface area contributed by atoms with Crippen LogP contribution in [0.3, 0.4) is 0 Å². The number of aromatic amines is 1. The molecule has 12 heavy (non-hydrogen) atoms.